The third kappa shape index (κ3) is 4.42. The summed E-state index contributed by atoms with van der Waals surface area (Å²) in [6.45, 7) is 2.85. The molecule has 1 unspecified atom stereocenters. The Labute approximate surface area is 126 Å². The fraction of sp³-hybridized carbons (Fsp3) is 0.875. The zero-order chi connectivity index (χ0) is 15.3. The molecule has 0 aromatic carbocycles. The summed E-state index contributed by atoms with van der Waals surface area (Å²) in [5.74, 6) is -0.157. The third-order valence-corrected chi connectivity index (χ3v) is 4.94. The summed E-state index contributed by atoms with van der Waals surface area (Å²) in [5, 5.41) is 5.53. The van der Waals surface area contributed by atoms with Gasteiger partial charge in [-0.15, -0.1) is 0 Å². The molecule has 0 aromatic rings. The van der Waals surface area contributed by atoms with Crippen molar-refractivity contribution in [3.63, 3.8) is 0 Å². The van der Waals surface area contributed by atoms with E-state index in [1.54, 1.807) is 0 Å². The first-order chi connectivity index (χ1) is 10.1. The minimum absolute atomic E-state index is 0.00195. The molecule has 0 bridgehead atoms. The Balaban J connectivity index is 1.61. The molecule has 5 heteroatoms. The number of unbranched alkanes of at least 4 members (excludes halogenated alkanes) is 2. The zero-order valence-electron chi connectivity index (χ0n) is 12.9. The number of rotatable bonds is 7. The van der Waals surface area contributed by atoms with Gasteiger partial charge in [0.1, 0.15) is 6.17 Å². The van der Waals surface area contributed by atoms with E-state index in [0.717, 1.165) is 38.5 Å². The molecular formula is C16H27FN2O2. The quantitative estimate of drug-likeness (QED) is 0.709. The largest absolute Gasteiger partial charge is 0.355 e. The maximum atomic E-state index is 13.2. The van der Waals surface area contributed by atoms with Crippen molar-refractivity contribution in [2.24, 2.45) is 11.3 Å². The van der Waals surface area contributed by atoms with Gasteiger partial charge in [0.2, 0.25) is 11.8 Å². The monoisotopic (exact) mass is 298 g/mol. The van der Waals surface area contributed by atoms with Crippen molar-refractivity contribution in [2.45, 2.75) is 64.5 Å². The number of carbonyl (C=O) groups excluding carboxylic acids is 2. The van der Waals surface area contributed by atoms with Crippen molar-refractivity contribution in [3.05, 3.63) is 0 Å². The van der Waals surface area contributed by atoms with Gasteiger partial charge >= 0.3 is 0 Å². The van der Waals surface area contributed by atoms with Gasteiger partial charge in [-0.3, -0.25) is 9.59 Å². The van der Waals surface area contributed by atoms with E-state index in [9.17, 15) is 14.0 Å². The first kappa shape index (κ1) is 16.2. The number of alkyl halides is 1. The van der Waals surface area contributed by atoms with Crippen molar-refractivity contribution in [1.82, 2.24) is 10.6 Å². The second-order valence-corrected chi connectivity index (χ2v) is 6.57. The SMILES string of the molecule is CCCCCNC(=O)CNC(=O)C1CC12CCC(F)CC2. The summed E-state index contributed by atoms with van der Waals surface area (Å²) in [6.07, 6.45) is 6.18. The van der Waals surface area contributed by atoms with Gasteiger partial charge in [-0.25, -0.2) is 4.39 Å². The average molecular weight is 298 g/mol. The average Bonchev–Trinajstić information content (AvgIpc) is 3.19. The van der Waals surface area contributed by atoms with E-state index >= 15 is 0 Å². The van der Waals surface area contributed by atoms with E-state index in [4.69, 9.17) is 0 Å². The van der Waals surface area contributed by atoms with Crippen LogP contribution in [0.15, 0.2) is 0 Å². The highest BCUT2D eigenvalue weighted by molar-refractivity contribution is 5.87. The summed E-state index contributed by atoms with van der Waals surface area (Å²) in [6, 6.07) is 0. The summed E-state index contributed by atoms with van der Waals surface area (Å²) in [5.41, 5.74) is 0.0459. The lowest BCUT2D eigenvalue weighted by Gasteiger charge is -2.24. The molecule has 21 heavy (non-hydrogen) atoms. The van der Waals surface area contributed by atoms with E-state index in [1.807, 2.05) is 0 Å². The Hall–Kier alpha value is -1.13. The van der Waals surface area contributed by atoms with E-state index in [0.29, 0.717) is 19.4 Å². The van der Waals surface area contributed by atoms with E-state index < -0.39 is 6.17 Å². The molecule has 2 fully saturated rings. The third-order valence-electron chi connectivity index (χ3n) is 4.94. The smallest absolute Gasteiger partial charge is 0.239 e. The van der Waals surface area contributed by atoms with E-state index in [1.165, 1.54) is 0 Å². The molecule has 2 rings (SSSR count). The van der Waals surface area contributed by atoms with Crippen LogP contribution in [0.4, 0.5) is 4.39 Å². The molecule has 4 nitrogen and oxygen atoms in total. The number of amides is 2. The van der Waals surface area contributed by atoms with Crippen LogP contribution < -0.4 is 10.6 Å². The lowest BCUT2D eigenvalue weighted by molar-refractivity contribution is -0.127. The van der Waals surface area contributed by atoms with Gasteiger partial charge in [0.05, 0.1) is 6.54 Å². The number of halogens is 1. The van der Waals surface area contributed by atoms with Gasteiger partial charge in [0.15, 0.2) is 0 Å². The van der Waals surface area contributed by atoms with Crippen molar-refractivity contribution in [1.29, 1.82) is 0 Å². The van der Waals surface area contributed by atoms with Crippen LogP contribution in [0.5, 0.6) is 0 Å². The van der Waals surface area contributed by atoms with Crippen molar-refractivity contribution < 1.29 is 14.0 Å². The number of hydrogen-bond donors (Lipinski definition) is 2. The molecule has 0 aromatic heterocycles. The molecule has 2 saturated carbocycles. The second-order valence-electron chi connectivity index (χ2n) is 6.57. The lowest BCUT2D eigenvalue weighted by Crippen LogP contribution is -2.38. The van der Waals surface area contributed by atoms with Gasteiger partial charge in [0, 0.05) is 12.5 Å². The number of hydrogen-bond acceptors (Lipinski definition) is 2. The zero-order valence-corrected chi connectivity index (χ0v) is 12.9. The van der Waals surface area contributed by atoms with Gasteiger partial charge < -0.3 is 10.6 Å². The number of nitrogens with one attached hydrogen (secondary N) is 2. The fourth-order valence-corrected chi connectivity index (χ4v) is 3.38. The first-order valence-corrected chi connectivity index (χ1v) is 8.26. The Morgan fingerprint density at radius 2 is 1.90 bits per heavy atom. The van der Waals surface area contributed by atoms with Gasteiger partial charge in [-0.2, -0.15) is 0 Å². The predicted octanol–water partition coefficient (Wildman–Crippen LogP) is 2.33. The summed E-state index contributed by atoms with van der Waals surface area (Å²) in [7, 11) is 0. The Bertz CT molecular complexity index is 378. The minimum Gasteiger partial charge on any atom is -0.355 e. The molecule has 0 radical (unpaired) electrons. The van der Waals surface area contributed by atoms with Crippen LogP contribution in [0.3, 0.4) is 0 Å². The highest BCUT2D eigenvalue weighted by Crippen LogP contribution is 2.61. The fourth-order valence-electron chi connectivity index (χ4n) is 3.38. The molecular weight excluding hydrogens is 271 g/mol. The molecule has 0 saturated heterocycles. The van der Waals surface area contributed by atoms with Crippen LogP contribution in [0.2, 0.25) is 0 Å². The van der Waals surface area contributed by atoms with Gasteiger partial charge in [-0.05, 0) is 43.9 Å². The molecule has 2 aliphatic rings. The Morgan fingerprint density at radius 3 is 2.57 bits per heavy atom. The Morgan fingerprint density at radius 1 is 1.19 bits per heavy atom. The van der Waals surface area contributed by atoms with Crippen molar-refractivity contribution >= 4 is 11.8 Å². The van der Waals surface area contributed by atoms with Crippen LogP contribution >= 0.6 is 0 Å². The summed E-state index contributed by atoms with van der Waals surface area (Å²) >= 11 is 0. The molecule has 1 atom stereocenters. The molecule has 1 spiro atoms. The van der Waals surface area contributed by atoms with Gasteiger partial charge in [0.25, 0.3) is 0 Å². The van der Waals surface area contributed by atoms with Crippen molar-refractivity contribution in [2.75, 3.05) is 13.1 Å². The molecule has 0 heterocycles. The van der Waals surface area contributed by atoms with Crippen molar-refractivity contribution in [3.8, 4) is 0 Å². The Kier molecular flexibility index (Phi) is 5.59. The molecule has 2 N–H and O–H groups in total. The predicted molar refractivity (Wildman–Crippen MR) is 79.4 cm³/mol. The first-order valence-electron chi connectivity index (χ1n) is 8.26. The summed E-state index contributed by atoms with van der Waals surface area (Å²) in [4.78, 5) is 23.6. The van der Waals surface area contributed by atoms with Crippen LogP contribution in [0, 0.1) is 11.3 Å². The van der Waals surface area contributed by atoms with Crippen LogP contribution in [0.1, 0.15) is 58.3 Å². The van der Waals surface area contributed by atoms with E-state index in [2.05, 4.69) is 17.6 Å². The van der Waals surface area contributed by atoms with Crippen LogP contribution in [-0.4, -0.2) is 31.1 Å². The highest BCUT2D eigenvalue weighted by Gasteiger charge is 2.58. The lowest BCUT2D eigenvalue weighted by atomic mass is 9.83. The molecule has 2 amide bonds. The maximum absolute atomic E-state index is 13.2. The maximum Gasteiger partial charge on any atom is 0.239 e. The normalized spacial score (nSPS) is 31.0. The second kappa shape index (κ2) is 7.23. The van der Waals surface area contributed by atoms with Crippen LogP contribution in [0.25, 0.3) is 0 Å². The van der Waals surface area contributed by atoms with Gasteiger partial charge in [-0.1, -0.05) is 19.8 Å². The summed E-state index contributed by atoms with van der Waals surface area (Å²) < 4.78 is 13.2. The number of carbonyl (C=O) groups is 2. The highest BCUT2D eigenvalue weighted by atomic mass is 19.1. The van der Waals surface area contributed by atoms with Crippen LogP contribution in [-0.2, 0) is 9.59 Å². The molecule has 120 valence electrons. The van der Waals surface area contributed by atoms with E-state index in [-0.39, 0.29) is 29.7 Å². The minimum atomic E-state index is -0.686. The topological polar surface area (TPSA) is 58.2 Å². The molecule has 0 aliphatic heterocycles. The standard InChI is InChI=1S/C16H27FN2O2/c1-2-3-4-9-18-14(20)11-19-15(21)13-10-16(13)7-5-12(17)6-8-16/h12-13H,2-11H2,1H3,(H,18,20)(H,19,21). The molecule has 2 aliphatic carbocycles.